The van der Waals surface area contributed by atoms with Gasteiger partial charge >= 0.3 is 23.9 Å². The Kier molecular flexibility index (Phi) is 11.2. The quantitative estimate of drug-likeness (QED) is 0.219. The van der Waals surface area contributed by atoms with Gasteiger partial charge in [0.2, 0.25) is 11.6 Å². The van der Waals surface area contributed by atoms with Gasteiger partial charge in [-0.05, 0) is 0 Å². The Morgan fingerprint density at radius 3 is 1.24 bits per heavy atom. The van der Waals surface area contributed by atoms with Gasteiger partial charge in [0.25, 0.3) is 0 Å². The molecule has 0 amide bonds. The second kappa shape index (κ2) is 12.6. The summed E-state index contributed by atoms with van der Waals surface area (Å²) in [5.74, 6) is -6.88. The average Bonchev–Trinajstić information content (AvgIpc) is 2.56. The minimum absolute atomic E-state index is 0.00628. The van der Waals surface area contributed by atoms with Crippen LogP contribution in [0.5, 0.6) is 0 Å². The van der Waals surface area contributed by atoms with Gasteiger partial charge in [-0.2, -0.15) is 0 Å². The Morgan fingerprint density at radius 2 is 0.920 bits per heavy atom. The van der Waals surface area contributed by atoms with Gasteiger partial charge in [0, 0.05) is 12.8 Å². The smallest absolute Gasteiger partial charge is 0.372 e. The minimum atomic E-state index is -1.61. The van der Waals surface area contributed by atoms with Crippen LogP contribution in [0.15, 0.2) is 0 Å². The maximum atomic E-state index is 11.2. The van der Waals surface area contributed by atoms with Gasteiger partial charge in [-0.25, -0.2) is 9.59 Å². The van der Waals surface area contributed by atoms with Crippen molar-refractivity contribution in [2.24, 2.45) is 0 Å². The van der Waals surface area contributed by atoms with E-state index in [1.165, 1.54) is 0 Å². The molecule has 0 aliphatic heterocycles. The Balaban J connectivity index is 3.55. The number of esters is 2. The summed E-state index contributed by atoms with van der Waals surface area (Å²) in [5.41, 5.74) is 0. The first kappa shape index (κ1) is 22.2. The van der Waals surface area contributed by atoms with E-state index in [1.54, 1.807) is 0 Å². The molecule has 0 heterocycles. The molecule has 0 aromatic heterocycles. The van der Waals surface area contributed by atoms with Crippen LogP contribution in [0.3, 0.4) is 0 Å². The van der Waals surface area contributed by atoms with Crippen LogP contribution in [-0.2, 0) is 43.0 Å². The van der Waals surface area contributed by atoms with Gasteiger partial charge in [0.15, 0.2) is 0 Å². The van der Waals surface area contributed by atoms with Crippen molar-refractivity contribution in [3.8, 4) is 0 Å². The zero-order valence-electron chi connectivity index (χ0n) is 13.2. The molecule has 0 aliphatic carbocycles. The molecule has 25 heavy (non-hydrogen) atoms. The number of Topliss-reactive ketones (excluding diaryl/α,β-unsaturated/α-hetero) is 2. The molecule has 2 N–H and O–H groups in total. The van der Waals surface area contributed by atoms with Crippen LogP contribution >= 0.6 is 0 Å². The summed E-state index contributed by atoms with van der Waals surface area (Å²) in [6.45, 7) is -0.260. The molecule has 11 nitrogen and oxygen atoms in total. The van der Waals surface area contributed by atoms with Gasteiger partial charge in [-0.3, -0.25) is 19.2 Å². The molecule has 0 unspecified atom stereocenters. The molecule has 0 rings (SSSR count). The summed E-state index contributed by atoms with van der Waals surface area (Å²) < 4.78 is 14.3. The summed E-state index contributed by atoms with van der Waals surface area (Å²) in [5, 5.41) is 16.6. The highest BCUT2D eigenvalue weighted by atomic mass is 16.6. The molecule has 0 aliphatic rings. The van der Waals surface area contributed by atoms with Crippen LogP contribution in [0.2, 0.25) is 0 Å². The Bertz CT molecular complexity index is 477. The molecule has 0 atom stereocenters. The number of rotatable bonds is 14. The minimum Gasteiger partial charge on any atom is -0.476 e. The summed E-state index contributed by atoms with van der Waals surface area (Å²) in [6, 6.07) is 0. The number of carbonyl (C=O) groups excluding carboxylic acids is 4. The summed E-state index contributed by atoms with van der Waals surface area (Å²) in [7, 11) is 0. The number of hydrogen-bond donors (Lipinski definition) is 2. The fraction of sp³-hybridized carbons (Fsp3) is 0.571. The molecule has 140 valence electrons. The molecule has 0 fully saturated rings. The van der Waals surface area contributed by atoms with Crippen molar-refractivity contribution in [3.05, 3.63) is 0 Å². The lowest BCUT2D eigenvalue weighted by molar-refractivity contribution is -0.151. The molecule has 0 bridgehead atoms. The van der Waals surface area contributed by atoms with E-state index in [2.05, 4.69) is 9.47 Å². The number of carboxylic acids is 2. The molecule has 0 saturated heterocycles. The van der Waals surface area contributed by atoms with Crippen molar-refractivity contribution in [2.75, 3.05) is 26.4 Å². The van der Waals surface area contributed by atoms with E-state index >= 15 is 0 Å². The Morgan fingerprint density at radius 1 is 0.560 bits per heavy atom. The van der Waals surface area contributed by atoms with Crippen LogP contribution < -0.4 is 0 Å². The number of hydrogen-bond acceptors (Lipinski definition) is 9. The van der Waals surface area contributed by atoms with E-state index in [-0.39, 0.29) is 39.3 Å². The lowest BCUT2D eigenvalue weighted by Crippen LogP contribution is -2.18. The van der Waals surface area contributed by atoms with Gasteiger partial charge in [-0.1, -0.05) is 0 Å². The topological polar surface area (TPSA) is 171 Å². The summed E-state index contributed by atoms with van der Waals surface area (Å²) >= 11 is 0. The SMILES string of the molecule is O=C(CCC(=O)C(=O)O)OCCOCCOC(=O)CCC(=O)C(=O)O. The van der Waals surface area contributed by atoms with Gasteiger partial charge in [-0.15, -0.1) is 0 Å². The van der Waals surface area contributed by atoms with E-state index in [4.69, 9.17) is 14.9 Å². The molecular weight excluding hydrogens is 344 g/mol. The third kappa shape index (κ3) is 12.3. The fourth-order valence-corrected chi connectivity index (χ4v) is 1.32. The molecule has 0 aromatic carbocycles. The van der Waals surface area contributed by atoms with E-state index in [0.717, 1.165) is 0 Å². The predicted molar refractivity (Wildman–Crippen MR) is 76.5 cm³/mol. The lowest BCUT2D eigenvalue weighted by Gasteiger charge is -2.06. The van der Waals surface area contributed by atoms with Crippen molar-refractivity contribution < 1.29 is 53.2 Å². The highest BCUT2D eigenvalue weighted by Gasteiger charge is 2.15. The normalized spacial score (nSPS) is 9.92. The first-order chi connectivity index (χ1) is 11.7. The van der Waals surface area contributed by atoms with E-state index in [1.807, 2.05) is 0 Å². The zero-order valence-corrected chi connectivity index (χ0v) is 13.2. The van der Waals surface area contributed by atoms with Crippen molar-refractivity contribution >= 4 is 35.4 Å². The second-order valence-corrected chi connectivity index (χ2v) is 4.51. The maximum Gasteiger partial charge on any atom is 0.372 e. The summed E-state index contributed by atoms with van der Waals surface area (Å²) in [6.07, 6.45) is -1.60. The van der Waals surface area contributed by atoms with E-state index in [0.29, 0.717) is 0 Å². The molecule has 0 radical (unpaired) electrons. The predicted octanol–water partition coefficient (Wildman–Crippen LogP) is -1.04. The van der Waals surface area contributed by atoms with Gasteiger partial charge in [0.1, 0.15) is 13.2 Å². The van der Waals surface area contributed by atoms with E-state index in [9.17, 15) is 28.8 Å². The highest BCUT2D eigenvalue weighted by molar-refractivity contribution is 6.33. The molecule has 11 heteroatoms. The van der Waals surface area contributed by atoms with Gasteiger partial charge < -0.3 is 24.4 Å². The highest BCUT2D eigenvalue weighted by Crippen LogP contribution is 1.96. The van der Waals surface area contributed by atoms with Crippen molar-refractivity contribution in [2.45, 2.75) is 25.7 Å². The standard InChI is InChI=1S/C14H18O11/c15-9(13(19)20)1-3-11(17)24-7-5-23-6-8-25-12(18)4-2-10(16)14(21)22/h1-8H2,(H,19,20)(H,21,22). The van der Waals surface area contributed by atoms with Crippen LogP contribution in [0.4, 0.5) is 0 Å². The first-order valence-electron chi connectivity index (χ1n) is 7.15. The zero-order chi connectivity index (χ0) is 19.2. The Hall–Kier alpha value is -2.82. The lowest BCUT2D eigenvalue weighted by atomic mass is 10.2. The number of aliphatic carboxylic acids is 2. The third-order valence-electron chi connectivity index (χ3n) is 2.57. The van der Waals surface area contributed by atoms with E-state index < -0.39 is 48.3 Å². The van der Waals surface area contributed by atoms with Crippen LogP contribution in [0.25, 0.3) is 0 Å². The third-order valence-corrected chi connectivity index (χ3v) is 2.57. The summed E-state index contributed by atoms with van der Waals surface area (Å²) in [4.78, 5) is 64.3. The fourth-order valence-electron chi connectivity index (χ4n) is 1.32. The number of carbonyl (C=O) groups is 6. The number of ketones is 2. The average molecular weight is 362 g/mol. The monoisotopic (exact) mass is 362 g/mol. The Labute approximate surface area is 141 Å². The van der Waals surface area contributed by atoms with Crippen LogP contribution in [0.1, 0.15) is 25.7 Å². The largest absolute Gasteiger partial charge is 0.476 e. The maximum absolute atomic E-state index is 11.2. The first-order valence-corrected chi connectivity index (χ1v) is 7.15. The van der Waals surface area contributed by atoms with Crippen molar-refractivity contribution in [1.29, 1.82) is 0 Å². The van der Waals surface area contributed by atoms with Crippen molar-refractivity contribution in [1.82, 2.24) is 0 Å². The molecule has 0 saturated carbocycles. The van der Waals surface area contributed by atoms with Crippen LogP contribution in [-0.4, -0.2) is 72.1 Å². The number of ether oxygens (including phenoxy) is 3. The molecule has 0 spiro atoms. The molecule has 0 aromatic rings. The second-order valence-electron chi connectivity index (χ2n) is 4.51. The van der Waals surface area contributed by atoms with Gasteiger partial charge in [0.05, 0.1) is 26.1 Å². The molecular formula is C14H18O11. The van der Waals surface area contributed by atoms with Crippen LogP contribution in [0, 0.1) is 0 Å². The van der Waals surface area contributed by atoms with Crippen molar-refractivity contribution in [3.63, 3.8) is 0 Å². The number of carboxylic acid groups (broad SMARTS) is 2.